The Morgan fingerprint density at radius 2 is 1.33 bits per heavy atom. The fraction of sp³-hybridized carbons (Fsp3) is 0.600. The Hall–Kier alpha value is -1.66. The zero-order valence-corrected chi connectivity index (χ0v) is 12.8. The summed E-state index contributed by atoms with van der Waals surface area (Å²) in [6.07, 6.45) is 4.76. The van der Waals surface area contributed by atoms with Crippen LogP contribution in [0.4, 0.5) is 0 Å². The number of rotatable bonds is 6. The summed E-state index contributed by atoms with van der Waals surface area (Å²) < 4.78 is 20.9. The maximum Gasteiger partial charge on any atom is 0.330 e. The van der Waals surface area contributed by atoms with Crippen LogP contribution in [-0.4, -0.2) is 43.1 Å². The molecule has 0 bridgehead atoms. The molecule has 0 aromatic carbocycles. The standard InChI is InChI=1S/C15H22O6/c1-5-18-13(16)9-7-11-12(21-15(3,4)20-11)8-10-14(17)19-6-2/h7-12H,5-6H2,1-4H3/b9-7-,10-8+/t11-,12-/m1/s1. The second-order valence-corrected chi connectivity index (χ2v) is 4.79. The first kappa shape index (κ1) is 17.4. The van der Waals surface area contributed by atoms with Gasteiger partial charge in [0.15, 0.2) is 5.79 Å². The van der Waals surface area contributed by atoms with Crippen LogP contribution in [0.1, 0.15) is 27.7 Å². The fourth-order valence-corrected chi connectivity index (χ4v) is 1.84. The van der Waals surface area contributed by atoms with Gasteiger partial charge in [0.1, 0.15) is 12.2 Å². The third-order valence-electron chi connectivity index (χ3n) is 2.58. The molecule has 0 N–H and O–H groups in total. The SMILES string of the molecule is CCOC(=O)/C=C\[C@H]1OC(C)(C)O[C@@H]1/C=C/C(=O)OCC. The molecule has 2 atom stereocenters. The third kappa shape index (κ3) is 6.10. The zero-order valence-electron chi connectivity index (χ0n) is 12.8. The molecule has 6 heteroatoms. The molecular weight excluding hydrogens is 276 g/mol. The Bertz CT molecular complexity index is 386. The Kier molecular flexibility index (Phi) is 6.58. The highest BCUT2D eigenvalue weighted by atomic mass is 16.7. The Morgan fingerprint density at radius 3 is 1.67 bits per heavy atom. The summed E-state index contributed by atoms with van der Waals surface area (Å²) in [6.45, 7) is 7.60. The van der Waals surface area contributed by atoms with Crippen molar-refractivity contribution in [3.05, 3.63) is 24.3 Å². The van der Waals surface area contributed by atoms with Gasteiger partial charge in [-0.1, -0.05) is 0 Å². The number of hydrogen-bond donors (Lipinski definition) is 0. The molecule has 1 aliphatic rings. The van der Waals surface area contributed by atoms with E-state index in [9.17, 15) is 9.59 Å². The van der Waals surface area contributed by atoms with Gasteiger partial charge in [0.05, 0.1) is 13.2 Å². The topological polar surface area (TPSA) is 71.1 Å². The molecule has 0 amide bonds. The largest absolute Gasteiger partial charge is 0.463 e. The van der Waals surface area contributed by atoms with Gasteiger partial charge in [-0.25, -0.2) is 9.59 Å². The van der Waals surface area contributed by atoms with Crippen molar-refractivity contribution < 1.29 is 28.5 Å². The van der Waals surface area contributed by atoms with Crippen molar-refractivity contribution in [2.75, 3.05) is 13.2 Å². The highest BCUT2D eigenvalue weighted by Gasteiger charge is 2.38. The maximum atomic E-state index is 11.3. The first-order valence-corrected chi connectivity index (χ1v) is 6.93. The van der Waals surface area contributed by atoms with Gasteiger partial charge in [0, 0.05) is 12.2 Å². The smallest absolute Gasteiger partial charge is 0.330 e. The van der Waals surface area contributed by atoms with E-state index in [1.54, 1.807) is 39.8 Å². The molecular formula is C15H22O6. The van der Waals surface area contributed by atoms with E-state index in [-0.39, 0.29) is 0 Å². The summed E-state index contributed by atoms with van der Waals surface area (Å²) in [5.41, 5.74) is 0. The summed E-state index contributed by atoms with van der Waals surface area (Å²) in [7, 11) is 0. The van der Waals surface area contributed by atoms with Gasteiger partial charge in [-0.3, -0.25) is 0 Å². The molecule has 0 spiro atoms. The van der Waals surface area contributed by atoms with E-state index in [1.807, 2.05) is 0 Å². The van der Waals surface area contributed by atoms with E-state index >= 15 is 0 Å². The first-order chi connectivity index (χ1) is 9.88. The molecule has 1 fully saturated rings. The molecule has 1 rings (SSSR count). The lowest BCUT2D eigenvalue weighted by atomic mass is 10.2. The summed E-state index contributed by atoms with van der Waals surface area (Å²) in [4.78, 5) is 22.6. The molecule has 118 valence electrons. The summed E-state index contributed by atoms with van der Waals surface area (Å²) in [5, 5.41) is 0. The van der Waals surface area contributed by atoms with Gasteiger partial charge in [-0.05, 0) is 39.8 Å². The quantitative estimate of drug-likeness (QED) is 0.549. The average Bonchev–Trinajstić information content (AvgIpc) is 2.69. The zero-order chi connectivity index (χ0) is 15.9. The molecule has 0 unspecified atom stereocenters. The van der Waals surface area contributed by atoms with Gasteiger partial charge >= 0.3 is 11.9 Å². The molecule has 0 aromatic heterocycles. The predicted octanol–water partition coefficient (Wildman–Crippen LogP) is 1.75. The molecule has 21 heavy (non-hydrogen) atoms. The van der Waals surface area contributed by atoms with Crippen molar-refractivity contribution in [1.29, 1.82) is 0 Å². The second kappa shape index (κ2) is 7.95. The molecule has 1 saturated heterocycles. The number of hydrogen-bond acceptors (Lipinski definition) is 6. The maximum absolute atomic E-state index is 11.3. The van der Waals surface area contributed by atoms with Crippen molar-refractivity contribution in [2.24, 2.45) is 0 Å². The van der Waals surface area contributed by atoms with Crippen LogP contribution in [0.3, 0.4) is 0 Å². The minimum Gasteiger partial charge on any atom is -0.463 e. The summed E-state index contributed by atoms with van der Waals surface area (Å²) in [5.74, 6) is -1.69. The predicted molar refractivity (Wildman–Crippen MR) is 75.4 cm³/mol. The van der Waals surface area contributed by atoms with Crippen LogP contribution in [-0.2, 0) is 28.5 Å². The minimum atomic E-state index is -0.798. The second-order valence-electron chi connectivity index (χ2n) is 4.79. The monoisotopic (exact) mass is 298 g/mol. The summed E-state index contributed by atoms with van der Waals surface area (Å²) in [6, 6.07) is 0. The molecule has 0 radical (unpaired) electrons. The van der Waals surface area contributed by atoms with Crippen LogP contribution in [0.5, 0.6) is 0 Å². The first-order valence-electron chi connectivity index (χ1n) is 6.93. The van der Waals surface area contributed by atoms with Crippen LogP contribution in [0.15, 0.2) is 24.3 Å². The molecule has 1 heterocycles. The average molecular weight is 298 g/mol. The van der Waals surface area contributed by atoms with Crippen molar-refractivity contribution in [2.45, 2.75) is 45.7 Å². The Morgan fingerprint density at radius 1 is 0.952 bits per heavy atom. The van der Waals surface area contributed by atoms with E-state index in [4.69, 9.17) is 18.9 Å². The van der Waals surface area contributed by atoms with Crippen molar-refractivity contribution in [3.8, 4) is 0 Å². The van der Waals surface area contributed by atoms with Gasteiger partial charge in [0.25, 0.3) is 0 Å². The van der Waals surface area contributed by atoms with Gasteiger partial charge in [-0.15, -0.1) is 0 Å². The molecule has 6 nitrogen and oxygen atoms in total. The lowest BCUT2D eigenvalue weighted by Crippen LogP contribution is -2.21. The van der Waals surface area contributed by atoms with Gasteiger partial charge in [-0.2, -0.15) is 0 Å². The van der Waals surface area contributed by atoms with E-state index in [0.29, 0.717) is 13.2 Å². The highest BCUT2D eigenvalue weighted by Crippen LogP contribution is 2.29. The third-order valence-corrected chi connectivity index (χ3v) is 2.58. The number of carbonyl (C=O) groups excluding carboxylic acids is 2. The van der Waals surface area contributed by atoms with E-state index in [0.717, 1.165) is 0 Å². The van der Waals surface area contributed by atoms with Gasteiger partial charge < -0.3 is 18.9 Å². The van der Waals surface area contributed by atoms with Crippen molar-refractivity contribution in [3.63, 3.8) is 0 Å². The lowest BCUT2D eigenvalue weighted by Gasteiger charge is -2.15. The summed E-state index contributed by atoms with van der Waals surface area (Å²) >= 11 is 0. The van der Waals surface area contributed by atoms with Crippen LogP contribution < -0.4 is 0 Å². The highest BCUT2D eigenvalue weighted by molar-refractivity contribution is 5.82. The molecule has 0 saturated carbocycles. The molecule has 0 aromatic rings. The number of ether oxygens (including phenoxy) is 4. The van der Waals surface area contributed by atoms with Crippen molar-refractivity contribution in [1.82, 2.24) is 0 Å². The van der Waals surface area contributed by atoms with Gasteiger partial charge in [0.2, 0.25) is 0 Å². The van der Waals surface area contributed by atoms with Crippen molar-refractivity contribution >= 4 is 11.9 Å². The Balaban J connectivity index is 2.70. The molecule has 1 aliphatic heterocycles. The van der Waals surface area contributed by atoms with E-state index in [2.05, 4.69) is 0 Å². The minimum absolute atomic E-state index is 0.308. The fourth-order valence-electron chi connectivity index (χ4n) is 1.84. The van der Waals surface area contributed by atoms with E-state index in [1.165, 1.54) is 12.2 Å². The van der Waals surface area contributed by atoms with Crippen LogP contribution in [0, 0.1) is 0 Å². The van der Waals surface area contributed by atoms with E-state index < -0.39 is 29.9 Å². The number of esters is 2. The normalized spacial score (nSPS) is 24.6. The lowest BCUT2D eigenvalue weighted by molar-refractivity contribution is -0.141. The van der Waals surface area contributed by atoms with Crippen LogP contribution in [0.2, 0.25) is 0 Å². The molecule has 0 aliphatic carbocycles. The Labute approximate surface area is 124 Å². The van der Waals surface area contributed by atoms with Crippen LogP contribution in [0.25, 0.3) is 0 Å². The van der Waals surface area contributed by atoms with Crippen LogP contribution >= 0.6 is 0 Å². The number of carbonyl (C=O) groups is 2.